The topological polar surface area (TPSA) is 70.7 Å². The van der Waals surface area contributed by atoms with E-state index in [1.54, 1.807) is 36.4 Å². The van der Waals surface area contributed by atoms with E-state index in [0.717, 1.165) is 31.8 Å². The van der Waals surface area contributed by atoms with Crippen molar-refractivity contribution in [2.75, 3.05) is 38.1 Å². The van der Waals surface area contributed by atoms with Gasteiger partial charge in [0.1, 0.15) is 5.75 Å². The molecule has 2 aromatic rings. The second kappa shape index (κ2) is 14.2. The zero-order valence-corrected chi connectivity index (χ0v) is 19.7. The molecule has 0 aliphatic rings. The Labute approximate surface area is 192 Å². The maximum Gasteiger partial charge on any atom is 0.255 e. The van der Waals surface area contributed by atoms with Crippen LogP contribution in [0.3, 0.4) is 0 Å². The van der Waals surface area contributed by atoms with Gasteiger partial charge in [-0.3, -0.25) is 9.59 Å². The first-order valence-corrected chi connectivity index (χ1v) is 11.7. The van der Waals surface area contributed by atoms with Crippen molar-refractivity contribution in [2.45, 2.75) is 46.5 Å². The van der Waals surface area contributed by atoms with Gasteiger partial charge in [0, 0.05) is 29.9 Å². The van der Waals surface area contributed by atoms with E-state index in [1.165, 1.54) is 19.3 Å². The van der Waals surface area contributed by atoms with Gasteiger partial charge < -0.3 is 20.3 Å². The minimum absolute atomic E-state index is 0.111. The highest BCUT2D eigenvalue weighted by molar-refractivity contribution is 6.04. The number of carbonyl (C=O) groups excluding carboxylic acids is 2. The van der Waals surface area contributed by atoms with Crippen molar-refractivity contribution in [3.8, 4) is 5.75 Å². The largest absolute Gasteiger partial charge is 0.494 e. The number of hydrogen-bond donors (Lipinski definition) is 2. The lowest BCUT2D eigenvalue weighted by Gasteiger charge is -2.18. The highest BCUT2D eigenvalue weighted by atomic mass is 16.5. The molecule has 174 valence electrons. The average molecular weight is 440 g/mol. The van der Waals surface area contributed by atoms with Crippen molar-refractivity contribution in [3.05, 3.63) is 59.7 Å². The Morgan fingerprint density at radius 3 is 2.06 bits per heavy atom. The van der Waals surface area contributed by atoms with Crippen LogP contribution in [0.15, 0.2) is 48.5 Å². The molecule has 0 aromatic heterocycles. The van der Waals surface area contributed by atoms with Crippen molar-refractivity contribution in [2.24, 2.45) is 0 Å². The van der Waals surface area contributed by atoms with E-state index in [9.17, 15) is 9.59 Å². The van der Waals surface area contributed by atoms with Crippen LogP contribution >= 0.6 is 0 Å². The first kappa shape index (κ1) is 25.4. The van der Waals surface area contributed by atoms with Crippen LogP contribution in [-0.2, 0) is 0 Å². The molecule has 0 aliphatic carbocycles. The molecule has 2 rings (SSSR count). The summed E-state index contributed by atoms with van der Waals surface area (Å²) < 4.78 is 5.72. The fourth-order valence-electron chi connectivity index (χ4n) is 3.30. The monoisotopic (exact) mass is 439 g/mol. The van der Waals surface area contributed by atoms with Crippen molar-refractivity contribution >= 4 is 17.5 Å². The number of nitrogens with zero attached hydrogens (tertiary/aromatic N) is 1. The summed E-state index contributed by atoms with van der Waals surface area (Å²) in [5.41, 5.74) is 1.77. The molecule has 0 unspecified atom stereocenters. The van der Waals surface area contributed by atoms with Crippen LogP contribution in [0.1, 0.15) is 67.2 Å². The van der Waals surface area contributed by atoms with Crippen LogP contribution < -0.4 is 15.4 Å². The third kappa shape index (κ3) is 8.71. The number of amides is 2. The molecule has 0 saturated carbocycles. The van der Waals surface area contributed by atoms with E-state index in [4.69, 9.17) is 4.74 Å². The number of hydrogen-bond acceptors (Lipinski definition) is 4. The van der Waals surface area contributed by atoms with Crippen LogP contribution in [0.5, 0.6) is 5.75 Å². The first-order valence-electron chi connectivity index (χ1n) is 11.7. The molecule has 6 heteroatoms. The minimum Gasteiger partial charge on any atom is -0.494 e. The van der Waals surface area contributed by atoms with E-state index in [2.05, 4.69) is 36.3 Å². The summed E-state index contributed by atoms with van der Waals surface area (Å²) in [6, 6.07) is 14.1. The van der Waals surface area contributed by atoms with Crippen LogP contribution in [0.25, 0.3) is 0 Å². The molecule has 0 radical (unpaired) electrons. The molecule has 0 bridgehead atoms. The molecule has 0 spiro atoms. The summed E-state index contributed by atoms with van der Waals surface area (Å²) in [4.78, 5) is 27.0. The Morgan fingerprint density at radius 2 is 1.44 bits per heavy atom. The number of rotatable bonds is 14. The maximum absolute atomic E-state index is 12.5. The Kier molecular flexibility index (Phi) is 11.3. The van der Waals surface area contributed by atoms with Crippen molar-refractivity contribution < 1.29 is 14.3 Å². The zero-order valence-electron chi connectivity index (χ0n) is 19.7. The van der Waals surface area contributed by atoms with Crippen LogP contribution in [-0.4, -0.2) is 49.5 Å². The van der Waals surface area contributed by atoms with Crippen molar-refractivity contribution in [3.63, 3.8) is 0 Å². The number of nitrogens with one attached hydrogen (secondary N) is 2. The Bertz CT molecular complexity index is 815. The number of ether oxygens (including phenoxy) is 1. The lowest BCUT2D eigenvalue weighted by molar-refractivity contribution is 0.0948. The first-order chi connectivity index (χ1) is 15.6. The van der Waals surface area contributed by atoms with Gasteiger partial charge in [-0.1, -0.05) is 40.0 Å². The normalized spacial score (nSPS) is 10.8. The van der Waals surface area contributed by atoms with E-state index in [0.29, 0.717) is 30.0 Å². The number of anilines is 1. The highest BCUT2D eigenvalue weighted by Crippen LogP contribution is 2.16. The van der Waals surface area contributed by atoms with Gasteiger partial charge in [-0.2, -0.15) is 0 Å². The number of unbranched alkanes of at least 4 members (excludes halogenated alkanes) is 3. The van der Waals surface area contributed by atoms with Gasteiger partial charge in [-0.25, -0.2) is 0 Å². The Balaban J connectivity index is 1.80. The van der Waals surface area contributed by atoms with Gasteiger partial charge >= 0.3 is 0 Å². The second-order valence-electron chi connectivity index (χ2n) is 7.75. The van der Waals surface area contributed by atoms with Crippen LogP contribution in [0.2, 0.25) is 0 Å². The van der Waals surface area contributed by atoms with Gasteiger partial charge in [0.15, 0.2) is 0 Å². The Morgan fingerprint density at radius 1 is 0.812 bits per heavy atom. The zero-order chi connectivity index (χ0) is 23.2. The quantitative estimate of drug-likeness (QED) is 0.408. The minimum atomic E-state index is -0.198. The molecule has 0 saturated heterocycles. The van der Waals surface area contributed by atoms with Crippen LogP contribution in [0.4, 0.5) is 5.69 Å². The lowest BCUT2D eigenvalue weighted by atomic mass is 10.1. The van der Waals surface area contributed by atoms with E-state index in [-0.39, 0.29) is 11.8 Å². The number of carbonyl (C=O) groups is 2. The van der Waals surface area contributed by atoms with Gasteiger partial charge in [-0.05, 0) is 68.0 Å². The van der Waals surface area contributed by atoms with Gasteiger partial charge in [0.2, 0.25) is 0 Å². The predicted molar refractivity (Wildman–Crippen MR) is 131 cm³/mol. The predicted octanol–water partition coefficient (Wildman–Crippen LogP) is 4.97. The molecular weight excluding hydrogens is 402 g/mol. The fraction of sp³-hybridized carbons (Fsp3) is 0.462. The molecule has 2 aromatic carbocycles. The summed E-state index contributed by atoms with van der Waals surface area (Å²) >= 11 is 0. The standard InChI is InChI=1S/C26H37N3O3/c1-4-7-8-9-20-32-24-16-12-22(13-17-24)26(31)28-23-14-10-21(11-15-23)25(30)27-18-19-29(5-2)6-3/h10-17H,4-9,18-20H2,1-3H3,(H,27,30)(H,28,31). The van der Waals surface area contributed by atoms with Crippen molar-refractivity contribution in [1.82, 2.24) is 10.2 Å². The molecular formula is C26H37N3O3. The smallest absolute Gasteiger partial charge is 0.255 e. The summed E-state index contributed by atoms with van der Waals surface area (Å²) in [5, 5.41) is 5.80. The fourth-order valence-corrected chi connectivity index (χ4v) is 3.30. The van der Waals surface area contributed by atoms with Gasteiger partial charge in [-0.15, -0.1) is 0 Å². The molecule has 0 atom stereocenters. The molecule has 0 aliphatic heterocycles. The third-order valence-electron chi connectivity index (χ3n) is 5.40. The molecule has 32 heavy (non-hydrogen) atoms. The summed E-state index contributed by atoms with van der Waals surface area (Å²) in [7, 11) is 0. The van der Waals surface area contributed by atoms with E-state index >= 15 is 0 Å². The highest BCUT2D eigenvalue weighted by Gasteiger charge is 2.09. The molecule has 6 nitrogen and oxygen atoms in total. The second-order valence-corrected chi connectivity index (χ2v) is 7.75. The number of benzene rings is 2. The Hall–Kier alpha value is -2.86. The summed E-state index contributed by atoms with van der Waals surface area (Å²) in [6.07, 6.45) is 4.65. The van der Waals surface area contributed by atoms with Crippen LogP contribution in [0, 0.1) is 0 Å². The van der Waals surface area contributed by atoms with E-state index < -0.39 is 0 Å². The summed E-state index contributed by atoms with van der Waals surface area (Å²) in [5.74, 6) is 0.464. The number of likely N-dealkylation sites (N-methyl/N-ethyl adjacent to an activating group) is 1. The SMILES string of the molecule is CCCCCCOc1ccc(C(=O)Nc2ccc(C(=O)NCCN(CC)CC)cc2)cc1. The average Bonchev–Trinajstić information content (AvgIpc) is 2.82. The molecule has 2 N–H and O–H groups in total. The third-order valence-corrected chi connectivity index (χ3v) is 5.40. The van der Waals surface area contributed by atoms with Gasteiger partial charge in [0.05, 0.1) is 6.61 Å². The molecule has 0 heterocycles. The molecule has 0 fully saturated rings. The molecule has 2 amide bonds. The van der Waals surface area contributed by atoms with E-state index in [1.807, 2.05) is 12.1 Å². The van der Waals surface area contributed by atoms with Gasteiger partial charge in [0.25, 0.3) is 11.8 Å². The lowest BCUT2D eigenvalue weighted by Crippen LogP contribution is -2.34. The summed E-state index contributed by atoms with van der Waals surface area (Å²) in [6.45, 7) is 10.5. The van der Waals surface area contributed by atoms with Crippen molar-refractivity contribution in [1.29, 1.82) is 0 Å². The maximum atomic E-state index is 12.5.